The molecule has 84 valence electrons. The fourth-order valence-corrected chi connectivity index (χ4v) is 1.65. The van der Waals surface area contributed by atoms with Gasteiger partial charge in [-0.2, -0.15) is 5.26 Å². The second-order valence-electron chi connectivity index (χ2n) is 3.38. The van der Waals surface area contributed by atoms with Crippen LogP contribution in [0.2, 0.25) is 0 Å². The van der Waals surface area contributed by atoms with E-state index in [9.17, 15) is 4.79 Å². The molecule has 0 unspecified atom stereocenters. The lowest BCUT2D eigenvalue weighted by Gasteiger charge is -2.09. The molecule has 1 aromatic heterocycles. The summed E-state index contributed by atoms with van der Waals surface area (Å²) in [5, 5.41) is 8.97. The Balaban J connectivity index is 2.61. The third-order valence-electron chi connectivity index (χ3n) is 2.43. The number of nitrogens with zero attached hydrogens (tertiary/aromatic N) is 2. The maximum Gasteiger partial charge on any atom is 0.339 e. The van der Waals surface area contributed by atoms with E-state index in [-0.39, 0.29) is 0 Å². The van der Waals surface area contributed by atoms with Crippen LogP contribution in [0.15, 0.2) is 42.6 Å². The highest BCUT2D eigenvalue weighted by Gasteiger charge is 2.13. The average molecular weight is 226 g/mol. The van der Waals surface area contributed by atoms with E-state index in [4.69, 9.17) is 10.00 Å². The zero-order valence-corrected chi connectivity index (χ0v) is 9.25. The number of carbonyl (C=O) groups is 1. The van der Waals surface area contributed by atoms with Gasteiger partial charge in [-0.05, 0) is 24.3 Å². The summed E-state index contributed by atoms with van der Waals surface area (Å²) in [5.41, 5.74) is 1.55. The molecular weight excluding hydrogens is 216 g/mol. The Labute approximate surface area is 98.7 Å². The van der Waals surface area contributed by atoms with E-state index in [2.05, 4.69) is 6.07 Å². The van der Waals surface area contributed by atoms with Gasteiger partial charge in [-0.3, -0.25) is 0 Å². The molecule has 17 heavy (non-hydrogen) atoms. The van der Waals surface area contributed by atoms with Gasteiger partial charge in [0.15, 0.2) is 0 Å². The van der Waals surface area contributed by atoms with Gasteiger partial charge in [-0.15, -0.1) is 0 Å². The molecule has 0 N–H and O–H groups in total. The fraction of sp³-hybridized carbons (Fsp3) is 0.0769. The summed E-state index contributed by atoms with van der Waals surface area (Å²) in [4.78, 5) is 11.6. The lowest BCUT2D eigenvalue weighted by molar-refractivity contribution is 0.0601. The van der Waals surface area contributed by atoms with E-state index in [1.54, 1.807) is 41.1 Å². The monoisotopic (exact) mass is 226 g/mol. The van der Waals surface area contributed by atoms with Gasteiger partial charge >= 0.3 is 5.97 Å². The van der Waals surface area contributed by atoms with Crippen molar-refractivity contribution in [3.8, 4) is 11.8 Å². The van der Waals surface area contributed by atoms with Crippen molar-refractivity contribution in [2.24, 2.45) is 0 Å². The van der Waals surface area contributed by atoms with E-state index in [1.165, 1.54) is 7.11 Å². The van der Waals surface area contributed by atoms with Crippen molar-refractivity contribution in [3.05, 3.63) is 53.9 Å². The number of rotatable bonds is 2. The molecule has 1 heterocycles. The minimum Gasteiger partial charge on any atom is -0.465 e. The third kappa shape index (κ3) is 1.91. The van der Waals surface area contributed by atoms with Crippen LogP contribution in [0.4, 0.5) is 0 Å². The molecule has 0 amide bonds. The van der Waals surface area contributed by atoms with Crippen LogP contribution in [0.1, 0.15) is 16.1 Å². The predicted molar refractivity (Wildman–Crippen MR) is 61.8 cm³/mol. The lowest BCUT2D eigenvalue weighted by atomic mass is 10.1. The van der Waals surface area contributed by atoms with Gasteiger partial charge in [-0.1, -0.05) is 12.1 Å². The van der Waals surface area contributed by atoms with Crippen LogP contribution >= 0.6 is 0 Å². The van der Waals surface area contributed by atoms with E-state index >= 15 is 0 Å². The lowest BCUT2D eigenvalue weighted by Crippen LogP contribution is -2.08. The first kappa shape index (κ1) is 11.0. The largest absolute Gasteiger partial charge is 0.465 e. The number of aromatic nitrogens is 1. The highest BCUT2D eigenvalue weighted by Crippen LogP contribution is 2.17. The molecule has 2 rings (SSSR count). The SMILES string of the molecule is COC(=O)c1ccccc1-n1cccc1C#N. The second-order valence-corrected chi connectivity index (χ2v) is 3.38. The van der Waals surface area contributed by atoms with Crippen molar-refractivity contribution >= 4 is 5.97 Å². The smallest absolute Gasteiger partial charge is 0.339 e. The predicted octanol–water partition coefficient (Wildman–Crippen LogP) is 2.14. The number of para-hydroxylation sites is 1. The molecule has 0 aliphatic rings. The van der Waals surface area contributed by atoms with Crippen LogP contribution in [0, 0.1) is 11.3 Å². The Hall–Kier alpha value is -2.54. The number of carbonyl (C=O) groups excluding carboxylic acids is 1. The number of benzene rings is 1. The average Bonchev–Trinajstić information content (AvgIpc) is 2.86. The summed E-state index contributed by atoms with van der Waals surface area (Å²) < 4.78 is 6.37. The summed E-state index contributed by atoms with van der Waals surface area (Å²) in [6.07, 6.45) is 1.74. The van der Waals surface area contributed by atoms with Crippen LogP contribution in [0.25, 0.3) is 5.69 Å². The highest BCUT2D eigenvalue weighted by atomic mass is 16.5. The van der Waals surface area contributed by atoms with Crippen LogP contribution in [-0.4, -0.2) is 17.6 Å². The molecule has 1 aromatic carbocycles. The molecule has 0 spiro atoms. The quantitative estimate of drug-likeness (QED) is 0.737. The maximum absolute atomic E-state index is 11.6. The Morgan fingerprint density at radius 1 is 1.29 bits per heavy atom. The Morgan fingerprint density at radius 3 is 2.76 bits per heavy atom. The molecule has 0 aliphatic carbocycles. The van der Waals surface area contributed by atoms with Crippen LogP contribution < -0.4 is 0 Å². The molecular formula is C13H10N2O2. The summed E-state index contributed by atoms with van der Waals surface area (Å²) >= 11 is 0. The third-order valence-corrected chi connectivity index (χ3v) is 2.43. The number of ether oxygens (including phenoxy) is 1. The summed E-state index contributed by atoms with van der Waals surface area (Å²) in [6, 6.07) is 12.5. The molecule has 4 heteroatoms. The minimum atomic E-state index is -0.418. The zero-order valence-electron chi connectivity index (χ0n) is 9.25. The van der Waals surface area contributed by atoms with E-state index in [1.807, 2.05) is 6.07 Å². The number of hydrogen-bond donors (Lipinski definition) is 0. The minimum absolute atomic E-state index is 0.418. The van der Waals surface area contributed by atoms with Gasteiger partial charge in [0.1, 0.15) is 11.8 Å². The number of nitriles is 1. The molecule has 0 radical (unpaired) electrons. The van der Waals surface area contributed by atoms with Crippen molar-refractivity contribution in [2.45, 2.75) is 0 Å². The molecule has 4 nitrogen and oxygen atoms in total. The first-order valence-electron chi connectivity index (χ1n) is 5.03. The Bertz CT molecular complexity index is 593. The van der Waals surface area contributed by atoms with Crippen LogP contribution in [0.5, 0.6) is 0 Å². The zero-order chi connectivity index (χ0) is 12.3. The summed E-state index contributed by atoms with van der Waals surface area (Å²) in [7, 11) is 1.33. The van der Waals surface area contributed by atoms with Gasteiger partial charge in [-0.25, -0.2) is 4.79 Å². The molecule has 0 atom stereocenters. The maximum atomic E-state index is 11.6. The summed E-state index contributed by atoms with van der Waals surface area (Å²) in [6.45, 7) is 0. The normalized spacial score (nSPS) is 9.65. The highest BCUT2D eigenvalue weighted by molar-refractivity contribution is 5.93. The van der Waals surface area contributed by atoms with Gasteiger partial charge in [0.2, 0.25) is 0 Å². The molecule has 2 aromatic rings. The van der Waals surface area contributed by atoms with Crippen molar-refractivity contribution < 1.29 is 9.53 Å². The van der Waals surface area contributed by atoms with Crippen molar-refractivity contribution in [2.75, 3.05) is 7.11 Å². The first-order chi connectivity index (χ1) is 8.27. The van der Waals surface area contributed by atoms with E-state index in [0.717, 1.165) is 0 Å². The number of esters is 1. The van der Waals surface area contributed by atoms with Crippen molar-refractivity contribution in [1.29, 1.82) is 5.26 Å². The summed E-state index contributed by atoms with van der Waals surface area (Å²) in [5.74, 6) is -0.418. The first-order valence-corrected chi connectivity index (χ1v) is 5.03. The number of methoxy groups -OCH3 is 1. The van der Waals surface area contributed by atoms with E-state index in [0.29, 0.717) is 16.9 Å². The topological polar surface area (TPSA) is 55.0 Å². The molecule has 0 bridgehead atoms. The van der Waals surface area contributed by atoms with Crippen molar-refractivity contribution in [1.82, 2.24) is 4.57 Å². The fourth-order valence-electron chi connectivity index (χ4n) is 1.65. The van der Waals surface area contributed by atoms with Crippen molar-refractivity contribution in [3.63, 3.8) is 0 Å². The molecule has 0 saturated carbocycles. The van der Waals surface area contributed by atoms with Gasteiger partial charge in [0.25, 0.3) is 0 Å². The standard InChI is InChI=1S/C13H10N2O2/c1-17-13(16)11-6-2-3-7-12(11)15-8-4-5-10(15)9-14/h2-8H,1H3. The van der Waals surface area contributed by atoms with Gasteiger partial charge in [0, 0.05) is 6.20 Å². The van der Waals surface area contributed by atoms with Gasteiger partial charge in [0.05, 0.1) is 18.4 Å². The van der Waals surface area contributed by atoms with Crippen LogP contribution in [-0.2, 0) is 4.74 Å². The molecule has 0 saturated heterocycles. The van der Waals surface area contributed by atoms with E-state index < -0.39 is 5.97 Å². The molecule has 0 aliphatic heterocycles. The number of hydrogen-bond acceptors (Lipinski definition) is 3. The van der Waals surface area contributed by atoms with Crippen LogP contribution in [0.3, 0.4) is 0 Å². The Morgan fingerprint density at radius 2 is 2.06 bits per heavy atom. The Kier molecular flexibility index (Phi) is 2.93. The van der Waals surface area contributed by atoms with Gasteiger partial charge < -0.3 is 9.30 Å². The molecule has 0 fully saturated rings. The second kappa shape index (κ2) is 4.54.